The fraction of sp³-hybridized carbons (Fsp3) is 0.353. The largest absolute Gasteiger partial charge is 0.379 e. The van der Waals surface area contributed by atoms with Crippen LogP contribution in [0.1, 0.15) is 23.7 Å². The molecule has 0 spiro atoms. The summed E-state index contributed by atoms with van der Waals surface area (Å²) < 4.78 is 5.17. The van der Waals surface area contributed by atoms with Gasteiger partial charge in [-0.25, -0.2) is 0 Å². The van der Waals surface area contributed by atoms with E-state index in [1.807, 2.05) is 24.3 Å². The molecule has 7 heteroatoms. The van der Waals surface area contributed by atoms with Crippen LogP contribution in [0.5, 0.6) is 0 Å². The fourth-order valence-corrected chi connectivity index (χ4v) is 3.45. The number of likely N-dealkylation sites (tertiary alicyclic amines) is 1. The van der Waals surface area contributed by atoms with Crippen molar-refractivity contribution < 1.29 is 9.63 Å². The van der Waals surface area contributed by atoms with Crippen LogP contribution >= 0.6 is 11.6 Å². The zero-order valence-corrected chi connectivity index (χ0v) is 14.0. The number of hydrogen-bond donors (Lipinski definition) is 1. The van der Waals surface area contributed by atoms with E-state index in [9.17, 15) is 5.11 Å². The van der Waals surface area contributed by atoms with E-state index < -0.39 is 5.60 Å². The summed E-state index contributed by atoms with van der Waals surface area (Å²) in [5.41, 5.74) is 0.895. The predicted molar refractivity (Wildman–Crippen MR) is 89.6 cm³/mol. The SMILES string of the molecule is Cc1noc(C2(O)CCN(Cc3ccc(Cl)c4cccnc34)C2)n1. The van der Waals surface area contributed by atoms with Gasteiger partial charge in [-0.1, -0.05) is 22.8 Å². The van der Waals surface area contributed by atoms with Crippen molar-refractivity contribution in [1.82, 2.24) is 20.0 Å². The summed E-state index contributed by atoms with van der Waals surface area (Å²) in [6, 6.07) is 7.73. The smallest absolute Gasteiger partial charge is 0.259 e. The van der Waals surface area contributed by atoms with Crippen LogP contribution in [-0.2, 0) is 12.1 Å². The number of pyridine rings is 1. The van der Waals surface area contributed by atoms with Crippen LogP contribution < -0.4 is 0 Å². The lowest BCUT2D eigenvalue weighted by atomic mass is 10.0. The quantitative estimate of drug-likeness (QED) is 0.787. The number of aryl methyl sites for hydroxylation is 1. The lowest BCUT2D eigenvalue weighted by molar-refractivity contribution is 0.0131. The summed E-state index contributed by atoms with van der Waals surface area (Å²) in [5.74, 6) is 0.825. The number of benzene rings is 1. The van der Waals surface area contributed by atoms with E-state index in [2.05, 4.69) is 20.0 Å². The third-order valence-corrected chi connectivity index (χ3v) is 4.78. The van der Waals surface area contributed by atoms with Crippen molar-refractivity contribution in [3.05, 3.63) is 52.8 Å². The Morgan fingerprint density at radius 1 is 1.38 bits per heavy atom. The normalized spacial score (nSPS) is 21.6. The van der Waals surface area contributed by atoms with E-state index in [0.717, 1.165) is 23.0 Å². The van der Waals surface area contributed by atoms with Crippen LogP contribution in [0.4, 0.5) is 0 Å². The van der Waals surface area contributed by atoms with Crippen LogP contribution in [0.2, 0.25) is 5.02 Å². The molecule has 1 fully saturated rings. The molecule has 1 unspecified atom stereocenters. The molecule has 0 radical (unpaired) electrons. The van der Waals surface area contributed by atoms with Gasteiger partial charge in [0.25, 0.3) is 5.89 Å². The summed E-state index contributed by atoms with van der Waals surface area (Å²) in [5, 5.41) is 16.2. The fourth-order valence-electron chi connectivity index (χ4n) is 3.23. The van der Waals surface area contributed by atoms with Gasteiger partial charge in [0.15, 0.2) is 11.4 Å². The van der Waals surface area contributed by atoms with Gasteiger partial charge < -0.3 is 9.63 Å². The Bertz CT molecular complexity index is 897. The second kappa shape index (κ2) is 5.81. The highest BCUT2D eigenvalue weighted by Crippen LogP contribution is 2.33. The van der Waals surface area contributed by atoms with Crippen molar-refractivity contribution in [1.29, 1.82) is 0 Å². The predicted octanol–water partition coefficient (Wildman–Crippen LogP) is 2.67. The first-order chi connectivity index (χ1) is 11.5. The van der Waals surface area contributed by atoms with Gasteiger partial charge in [-0.3, -0.25) is 9.88 Å². The van der Waals surface area contributed by atoms with Gasteiger partial charge in [0.1, 0.15) is 0 Å². The first-order valence-electron chi connectivity index (χ1n) is 7.83. The van der Waals surface area contributed by atoms with Crippen LogP contribution in [0.25, 0.3) is 10.9 Å². The molecular formula is C17H17ClN4O2. The number of hydrogen-bond acceptors (Lipinski definition) is 6. The molecule has 124 valence electrons. The number of β-amino-alcohol motifs (C(OH)–C–C–N with tert-alkyl or cyclic N) is 1. The average molecular weight is 345 g/mol. The second-order valence-electron chi connectivity index (χ2n) is 6.25. The van der Waals surface area contributed by atoms with Crippen molar-refractivity contribution in [3.8, 4) is 0 Å². The maximum Gasteiger partial charge on any atom is 0.259 e. The van der Waals surface area contributed by atoms with Gasteiger partial charge in [0.2, 0.25) is 0 Å². The van der Waals surface area contributed by atoms with Gasteiger partial charge in [0.05, 0.1) is 5.52 Å². The number of aromatic nitrogens is 3. The van der Waals surface area contributed by atoms with E-state index in [1.54, 1.807) is 13.1 Å². The molecule has 0 amide bonds. The van der Waals surface area contributed by atoms with E-state index in [-0.39, 0.29) is 0 Å². The third kappa shape index (κ3) is 2.66. The summed E-state index contributed by atoms with van der Waals surface area (Å²) in [6.07, 6.45) is 2.33. The number of halogens is 1. The van der Waals surface area contributed by atoms with Gasteiger partial charge in [0, 0.05) is 36.2 Å². The maximum absolute atomic E-state index is 10.8. The Morgan fingerprint density at radius 2 is 2.25 bits per heavy atom. The molecule has 0 bridgehead atoms. The van der Waals surface area contributed by atoms with Crippen molar-refractivity contribution >= 4 is 22.5 Å². The van der Waals surface area contributed by atoms with Crippen molar-refractivity contribution in [2.24, 2.45) is 0 Å². The summed E-state index contributed by atoms with van der Waals surface area (Å²) in [6.45, 7) is 3.62. The van der Waals surface area contributed by atoms with Crippen molar-refractivity contribution in [3.63, 3.8) is 0 Å². The van der Waals surface area contributed by atoms with Crippen LogP contribution in [0.15, 0.2) is 35.0 Å². The Morgan fingerprint density at radius 3 is 3.04 bits per heavy atom. The summed E-state index contributed by atoms with van der Waals surface area (Å²) in [7, 11) is 0. The molecule has 4 rings (SSSR count). The van der Waals surface area contributed by atoms with Crippen LogP contribution in [0, 0.1) is 6.92 Å². The molecular weight excluding hydrogens is 328 g/mol. The van der Waals surface area contributed by atoms with Gasteiger partial charge in [-0.2, -0.15) is 4.98 Å². The monoisotopic (exact) mass is 344 g/mol. The standard InChI is InChI=1S/C17H17ClN4O2/c1-11-20-16(24-21-11)17(23)6-8-22(10-17)9-12-4-5-14(18)13-3-2-7-19-15(12)13/h2-5,7,23H,6,8-10H2,1H3. The molecule has 1 saturated heterocycles. The van der Waals surface area contributed by atoms with Gasteiger partial charge in [-0.15, -0.1) is 0 Å². The van der Waals surface area contributed by atoms with Gasteiger partial charge in [-0.05, 0) is 37.1 Å². The maximum atomic E-state index is 10.8. The molecule has 1 aliphatic rings. The number of aliphatic hydroxyl groups is 1. The number of nitrogens with zero attached hydrogens (tertiary/aromatic N) is 4. The van der Waals surface area contributed by atoms with E-state index in [0.29, 0.717) is 36.2 Å². The second-order valence-corrected chi connectivity index (χ2v) is 6.65. The first-order valence-corrected chi connectivity index (χ1v) is 8.21. The van der Waals surface area contributed by atoms with Gasteiger partial charge >= 0.3 is 0 Å². The Kier molecular flexibility index (Phi) is 3.75. The molecule has 2 aromatic heterocycles. The number of fused-ring (bicyclic) bond motifs is 1. The molecule has 24 heavy (non-hydrogen) atoms. The first kappa shape index (κ1) is 15.5. The lowest BCUT2D eigenvalue weighted by Crippen LogP contribution is -2.31. The molecule has 1 N–H and O–H groups in total. The minimum Gasteiger partial charge on any atom is -0.379 e. The highest BCUT2D eigenvalue weighted by molar-refractivity contribution is 6.35. The van der Waals surface area contributed by atoms with E-state index >= 15 is 0 Å². The zero-order chi connectivity index (χ0) is 16.7. The van der Waals surface area contributed by atoms with Crippen LogP contribution in [0.3, 0.4) is 0 Å². The van der Waals surface area contributed by atoms with E-state index in [1.165, 1.54) is 0 Å². The highest BCUT2D eigenvalue weighted by atomic mass is 35.5. The van der Waals surface area contributed by atoms with Crippen molar-refractivity contribution in [2.45, 2.75) is 25.5 Å². The van der Waals surface area contributed by atoms with E-state index in [4.69, 9.17) is 16.1 Å². The minimum atomic E-state index is -1.09. The average Bonchev–Trinajstić information content (AvgIpc) is 3.18. The number of rotatable bonds is 3. The third-order valence-electron chi connectivity index (χ3n) is 4.45. The Labute approximate surface area is 144 Å². The summed E-state index contributed by atoms with van der Waals surface area (Å²) >= 11 is 6.25. The Balaban J connectivity index is 1.58. The molecule has 1 atom stereocenters. The minimum absolute atomic E-state index is 0.293. The molecule has 0 aliphatic carbocycles. The summed E-state index contributed by atoms with van der Waals surface area (Å²) in [4.78, 5) is 10.8. The molecule has 6 nitrogen and oxygen atoms in total. The van der Waals surface area contributed by atoms with Crippen molar-refractivity contribution in [2.75, 3.05) is 13.1 Å². The molecule has 3 heterocycles. The molecule has 3 aromatic rings. The molecule has 1 aliphatic heterocycles. The van der Waals surface area contributed by atoms with Crippen LogP contribution in [-0.4, -0.2) is 38.2 Å². The zero-order valence-electron chi connectivity index (χ0n) is 13.2. The topological polar surface area (TPSA) is 75.3 Å². The highest BCUT2D eigenvalue weighted by Gasteiger charge is 2.42. The molecule has 0 saturated carbocycles. The Hall–Kier alpha value is -2.02. The molecule has 1 aromatic carbocycles. The lowest BCUT2D eigenvalue weighted by Gasteiger charge is -2.20.